The van der Waals surface area contributed by atoms with Gasteiger partial charge in [-0.15, -0.1) is 0 Å². The third-order valence-corrected chi connectivity index (χ3v) is 1.35. The Balaban J connectivity index is 2.63. The van der Waals surface area contributed by atoms with E-state index in [1.807, 2.05) is 6.92 Å². The van der Waals surface area contributed by atoms with Crippen LogP contribution in [0.1, 0.15) is 13.3 Å². The minimum atomic E-state index is 0.613. The van der Waals surface area contributed by atoms with E-state index in [0.29, 0.717) is 12.5 Å². The second-order valence-corrected chi connectivity index (χ2v) is 2.21. The number of hydrogen-bond donors (Lipinski definition) is 1. The van der Waals surface area contributed by atoms with Crippen LogP contribution in [-0.4, -0.2) is 22.9 Å². The Morgan fingerprint density at radius 1 is 1.82 bits per heavy atom. The Morgan fingerprint density at radius 2 is 2.64 bits per heavy atom. The number of H-pyrrole nitrogens is 1. The Labute approximate surface area is 65.2 Å². The number of nitrogens with one attached hydrogen (secondary N) is 1. The van der Waals surface area contributed by atoms with Crippen molar-refractivity contribution in [1.29, 1.82) is 0 Å². The molecule has 1 N–H and O–H groups in total. The summed E-state index contributed by atoms with van der Waals surface area (Å²) in [7, 11) is 0. The quantitative estimate of drug-likeness (QED) is 0.650. The van der Waals surface area contributed by atoms with Gasteiger partial charge in [-0.2, -0.15) is 0 Å². The maximum absolute atomic E-state index is 10.5. The molecule has 4 nitrogen and oxygen atoms in total. The number of aromatic nitrogens is 2. The van der Waals surface area contributed by atoms with Gasteiger partial charge in [0.2, 0.25) is 12.4 Å². The van der Waals surface area contributed by atoms with Crippen LogP contribution in [0.25, 0.3) is 0 Å². The second kappa shape index (κ2) is 3.75. The topological polar surface area (TPSA) is 49.0 Å². The van der Waals surface area contributed by atoms with Crippen LogP contribution in [-0.2, 0) is 4.79 Å². The van der Waals surface area contributed by atoms with Gasteiger partial charge < -0.3 is 4.98 Å². The first-order valence-corrected chi connectivity index (χ1v) is 3.59. The summed E-state index contributed by atoms with van der Waals surface area (Å²) in [6, 6.07) is 0. The van der Waals surface area contributed by atoms with Gasteiger partial charge in [-0.25, -0.2) is 4.98 Å². The van der Waals surface area contributed by atoms with Gasteiger partial charge in [-0.1, -0.05) is 6.92 Å². The monoisotopic (exact) mass is 153 g/mol. The van der Waals surface area contributed by atoms with E-state index in [2.05, 4.69) is 9.97 Å². The molecular weight excluding hydrogens is 142 g/mol. The molecule has 1 amide bonds. The number of nitrogens with zero attached hydrogens (tertiary/aromatic N) is 2. The Morgan fingerprint density at radius 3 is 3.09 bits per heavy atom. The summed E-state index contributed by atoms with van der Waals surface area (Å²) in [5.41, 5.74) is 0. The first-order valence-electron chi connectivity index (χ1n) is 3.59. The van der Waals surface area contributed by atoms with Gasteiger partial charge in [0.25, 0.3) is 0 Å². The van der Waals surface area contributed by atoms with Crippen molar-refractivity contribution in [3.63, 3.8) is 0 Å². The number of anilines is 1. The molecule has 0 unspecified atom stereocenters. The minimum Gasteiger partial charge on any atom is -0.331 e. The van der Waals surface area contributed by atoms with Crippen molar-refractivity contribution in [3.05, 3.63) is 12.4 Å². The Kier molecular flexibility index (Phi) is 2.66. The van der Waals surface area contributed by atoms with Crippen LogP contribution >= 0.6 is 0 Å². The fourth-order valence-electron chi connectivity index (χ4n) is 0.863. The first-order chi connectivity index (χ1) is 5.38. The zero-order chi connectivity index (χ0) is 8.10. The second-order valence-electron chi connectivity index (χ2n) is 2.21. The molecule has 11 heavy (non-hydrogen) atoms. The molecule has 0 bridgehead atoms. The SMILES string of the molecule is CCCN(C=O)c1ncc[nH]1. The molecule has 0 saturated heterocycles. The number of rotatable bonds is 4. The summed E-state index contributed by atoms with van der Waals surface area (Å²) in [4.78, 5) is 18.8. The van der Waals surface area contributed by atoms with E-state index in [-0.39, 0.29) is 0 Å². The number of aromatic amines is 1. The van der Waals surface area contributed by atoms with E-state index in [1.165, 1.54) is 0 Å². The third-order valence-electron chi connectivity index (χ3n) is 1.35. The molecule has 4 heteroatoms. The molecule has 0 radical (unpaired) electrons. The highest BCUT2D eigenvalue weighted by Crippen LogP contribution is 2.02. The highest BCUT2D eigenvalue weighted by molar-refractivity contribution is 5.70. The lowest BCUT2D eigenvalue weighted by Crippen LogP contribution is -2.22. The van der Waals surface area contributed by atoms with Crippen LogP contribution < -0.4 is 4.90 Å². The van der Waals surface area contributed by atoms with Gasteiger partial charge >= 0.3 is 0 Å². The van der Waals surface area contributed by atoms with Crippen molar-refractivity contribution < 1.29 is 4.79 Å². The summed E-state index contributed by atoms with van der Waals surface area (Å²) in [5.74, 6) is 0.613. The number of hydrogen-bond acceptors (Lipinski definition) is 2. The smallest absolute Gasteiger partial charge is 0.216 e. The molecule has 1 aromatic heterocycles. The van der Waals surface area contributed by atoms with E-state index in [0.717, 1.165) is 12.8 Å². The van der Waals surface area contributed by atoms with Gasteiger partial charge in [-0.05, 0) is 6.42 Å². The van der Waals surface area contributed by atoms with Crippen LogP contribution in [0.3, 0.4) is 0 Å². The standard InChI is InChI=1S/C7H11N3O/c1-2-5-10(6-11)7-8-3-4-9-7/h3-4,6H,2,5H2,1H3,(H,8,9). The molecule has 1 rings (SSSR count). The average Bonchev–Trinajstić information content (AvgIpc) is 2.52. The van der Waals surface area contributed by atoms with Crippen LogP contribution in [0.5, 0.6) is 0 Å². The lowest BCUT2D eigenvalue weighted by atomic mass is 10.4. The predicted octanol–water partition coefficient (Wildman–Crippen LogP) is 0.782. The van der Waals surface area contributed by atoms with E-state index >= 15 is 0 Å². The largest absolute Gasteiger partial charge is 0.331 e. The number of carbonyl (C=O) groups excluding carboxylic acids is 1. The third kappa shape index (κ3) is 1.80. The van der Waals surface area contributed by atoms with Crippen molar-refractivity contribution in [2.45, 2.75) is 13.3 Å². The fourth-order valence-corrected chi connectivity index (χ4v) is 0.863. The molecule has 0 spiro atoms. The van der Waals surface area contributed by atoms with Gasteiger partial charge in [0.15, 0.2) is 0 Å². The predicted molar refractivity (Wildman–Crippen MR) is 42.3 cm³/mol. The number of amides is 1. The molecule has 0 fully saturated rings. The van der Waals surface area contributed by atoms with Gasteiger partial charge in [0, 0.05) is 18.9 Å². The molecule has 0 saturated carbocycles. The normalized spacial score (nSPS) is 9.55. The van der Waals surface area contributed by atoms with E-state index in [4.69, 9.17) is 0 Å². The summed E-state index contributed by atoms with van der Waals surface area (Å²) in [6.07, 6.45) is 5.03. The molecule has 1 heterocycles. The van der Waals surface area contributed by atoms with Crippen LogP contribution in [0.15, 0.2) is 12.4 Å². The summed E-state index contributed by atoms with van der Waals surface area (Å²) in [6.45, 7) is 2.72. The van der Waals surface area contributed by atoms with Gasteiger partial charge in [0.1, 0.15) is 0 Å². The van der Waals surface area contributed by atoms with Crippen molar-refractivity contribution in [2.24, 2.45) is 0 Å². The Hall–Kier alpha value is -1.32. The molecule has 0 aliphatic heterocycles. The molecular formula is C7H11N3O. The van der Waals surface area contributed by atoms with Crippen molar-refractivity contribution >= 4 is 12.4 Å². The number of imidazole rings is 1. The average molecular weight is 153 g/mol. The van der Waals surface area contributed by atoms with Gasteiger partial charge in [0.05, 0.1) is 0 Å². The van der Waals surface area contributed by atoms with Crippen LogP contribution in [0, 0.1) is 0 Å². The van der Waals surface area contributed by atoms with Crippen LogP contribution in [0.4, 0.5) is 5.95 Å². The minimum absolute atomic E-state index is 0.613. The molecule has 60 valence electrons. The van der Waals surface area contributed by atoms with E-state index in [1.54, 1.807) is 17.3 Å². The first kappa shape index (κ1) is 7.78. The molecule has 0 atom stereocenters. The van der Waals surface area contributed by atoms with E-state index in [9.17, 15) is 4.79 Å². The van der Waals surface area contributed by atoms with E-state index < -0.39 is 0 Å². The highest BCUT2D eigenvalue weighted by atomic mass is 16.1. The van der Waals surface area contributed by atoms with Crippen molar-refractivity contribution in [2.75, 3.05) is 11.4 Å². The molecule has 1 aromatic rings. The maximum Gasteiger partial charge on any atom is 0.216 e. The fraction of sp³-hybridized carbons (Fsp3) is 0.429. The molecule has 0 aromatic carbocycles. The zero-order valence-electron chi connectivity index (χ0n) is 6.45. The lowest BCUT2D eigenvalue weighted by Gasteiger charge is -2.11. The van der Waals surface area contributed by atoms with Crippen LogP contribution in [0.2, 0.25) is 0 Å². The van der Waals surface area contributed by atoms with Crippen molar-refractivity contribution in [1.82, 2.24) is 9.97 Å². The maximum atomic E-state index is 10.5. The Bertz CT molecular complexity index is 207. The highest BCUT2D eigenvalue weighted by Gasteiger charge is 2.03. The summed E-state index contributed by atoms with van der Waals surface area (Å²) >= 11 is 0. The number of carbonyl (C=O) groups is 1. The molecule has 0 aliphatic rings. The zero-order valence-corrected chi connectivity index (χ0v) is 6.45. The van der Waals surface area contributed by atoms with Gasteiger partial charge in [-0.3, -0.25) is 9.69 Å². The lowest BCUT2D eigenvalue weighted by molar-refractivity contribution is -0.107. The molecule has 0 aliphatic carbocycles. The summed E-state index contributed by atoms with van der Waals surface area (Å²) in [5, 5.41) is 0. The summed E-state index contributed by atoms with van der Waals surface area (Å²) < 4.78 is 0. The van der Waals surface area contributed by atoms with Crippen molar-refractivity contribution in [3.8, 4) is 0 Å².